The van der Waals surface area contributed by atoms with E-state index < -0.39 is 47.1 Å². The number of nitrogens with one attached hydrogen (secondary N) is 2. The largest absolute Gasteiger partial charge is 0.460 e. The number of likely N-dealkylation sites (tertiary alicyclic amines) is 2. The van der Waals surface area contributed by atoms with Crippen LogP contribution in [0, 0.1) is 18.3 Å². The van der Waals surface area contributed by atoms with Gasteiger partial charge in [-0.2, -0.15) is 4.98 Å². The van der Waals surface area contributed by atoms with Crippen molar-refractivity contribution in [2.75, 3.05) is 26.2 Å². The molecule has 5 atom stereocenters. The molecule has 2 saturated carbocycles. The molecule has 0 radical (unpaired) electrons. The molecule has 3 amide bonds. The van der Waals surface area contributed by atoms with Gasteiger partial charge in [-0.05, 0) is 165 Å². The van der Waals surface area contributed by atoms with Gasteiger partial charge in [0.05, 0.1) is 50.6 Å². The number of nitrogens with zero attached hydrogens (tertiary/aromatic N) is 6. The Kier molecular flexibility index (Phi) is 16.7. The van der Waals surface area contributed by atoms with E-state index in [9.17, 15) is 24.0 Å². The molecule has 78 heavy (non-hydrogen) atoms. The molecule has 5 heterocycles. The van der Waals surface area contributed by atoms with Gasteiger partial charge in [-0.15, -0.1) is 11.3 Å². The highest BCUT2D eigenvalue weighted by Gasteiger charge is 2.54. The van der Waals surface area contributed by atoms with Crippen LogP contribution in [-0.2, 0) is 23.9 Å². The molecule has 3 aromatic heterocycles. The van der Waals surface area contributed by atoms with Crippen molar-refractivity contribution < 1.29 is 28.3 Å². The number of hydrogen-bond donors (Lipinski definition) is 2. The normalized spacial score (nSPS) is 20.3. The van der Waals surface area contributed by atoms with Crippen molar-refractivity contribution in [3.05, 3.63) is 97.8 Å². The molecule has 2 saturated heterocycles. The summed E-state index contributed by atoms with van der Waals surface area (Å²) in [4.78, 5) is 83.4. The lowest BCUT2D eigenvalue weighted by Gasteiger charge is -2.36. The van der Waals surface area contributed by atoms with Gasteiger partial charge in [0.15, 0.2) is 5.67 Å². The molecular weight excluding hydrogens is 1070 g/mol. The van der Waals surface area contributed by atoms with Gasteiger partial charge < -0.3 is 29.7 Å². The average Bonchev–Trinajstić information content (AvgIpc) is 4.14. The number of alkyl halides is 1. The van der Waals surface area contributed by atoms with Gasteiger partial charge >= 0.3 is 5.97 Å². The molecule has 10 rings (SSSR count). The maximum Gasteiger partial charge on any atom is 0.306 e. The lowest BCUT2D eigenvalue weighted by atomic mass is 9.85. The Labute approximate surface area is 469 Å². The smallest absolute Gasteiger partial charge is 0.306 e. The van der Waals surface area contributed by atoms with Crippen LogP contribution in [0.5, 0.6) is 0 Å². The van der Waals surface area contributed by atoms with Crippen LogP contribution in [0.25, 0.3) is 38.2 Å². The number of amides is 3. The predicted molar refractivity (Wildman–Crippen MR) is 308 cm³/mol. The molecule has 4 fully saturated rings. The van der Waals surface area contributed by atoms with Gasteiger partial charge in [0.1, 0.15) is 18.2 Å². The van der Waals surface area contributed by atoms with E-state index in [1.54, 1.807) is 32.1 Å². The molecule has 0 bridgehead atoms. The highest BCUT2D eigenvalue weighted by molar-refractivity contribution is 9.10. The number of esters is 1. The molecule has 0 unspecified atom stereocenters. The molecule has 2 aliphatic carbocycles. The van der Waals surface area contributed by atoms with E-state index in [-0.39, 0.29) is 49.7 Å². The van der Waals surface area contributed by atoms with Crippen molar-refractivity contribution in [3.8, 4) is 10.4 Å². The Morgan fingerprint density at radius 1 is 0.936 bits per heavy atom. The summed E-state index contributed by atoms with van der Waals surface area (Å²) in [5, 5.41) is 6.67. The quantitative estimate of drug-likeness (QED) is 0.0753. The Balaban J connectivity index is 0.820. The molecule has 6 aromatic rings. The average molecular weight is 1150 g/mol. The van der Waals surface area contributed by atoms with Crippen molar-refractivity contribution in [2.45, 2.75) is 180 Å². The minimum atomic E-state index is -1.99. The third kappa shape index (κ3) is 11.8. The minimum Gasteiger partial charge on any atom is -0.460 e. The maximum absolute atomic E-state index is 15.1. The molecule has 416 valence electrons. The van der Waals surface area contributed by atoms with Gasteiger partial charge in [0.25, 0.3) is 11.5 Å². The van der Waals surface area contributed by atoms with Crippen LogP contribution >= 0.6 is 27.3 Å². The van der Waals surface area contributed by atoms with Crippen molar-refractivity contribution >= 4 is 78.7 Å². The number of ether oxygens (including phenoxy) is 1. The Bertz CT molecular complexity index is 3240. The fraction of sp³-hybridized carbons (Fsp3) is 0.557. The second-order valence-corrected chi connectivity index (χ2v) is 25.7. The van der Waals surface area contributed by atoms with Gasteiger partial charge in [-0.3, -0.25) is 28.4 Å². The number of rotatable bonds is 19. The van der Waals surface area contributed by atoms with E-state index in [2.05, 4.69) is 94.8 Å². The number of aryl methyl sites for hydroxylation is 1. The zero-order chi connectivity index (χ0) is 55.0. The first kappa shape index (κ1) is 55.8. The molecule has 2 aliphatic heterocycles. The van der Waals surface area contributed by atoms with E-state index in [0.29, 0.717) is 36.1 Å². The minimum absolute atomic E-state index is 0.0157. The number of hydrogen-bond acceptors (Lipinski definition) is 10. The van der Waals surface area contributed by atoms with Gasteiger partial charge in [-0.1, -0.05) is 90.3 Å². The predicted octanol–water partition coefficient (Wildman–Crippen LogP) is 11.7. The van der Waals surface area contributed by atoms with E-state index in [0.717, 1.165) is 113 Å². The van der Waals surface area contributed by atoms with Crippen LogP contribution in [-0.4, -0.2) is 102 Å². The fourth-order valence-electron chi connectivity index (χ4n) is 12.3. The highest BCUT2D eigenvalue weighted by Crippen LogP contribution is 2.42. The zero-order valence-corrected chi connectivity index (χ0v) is 48.5. The van der Waals surface area contributed by atoms with E-state index in [1.807, 2.05) is 37.6 Å². The number of unbranched alkanes of at least 4 members (excludes halogenated alkanes) is 1. The first-order chi connectivity index (χ1) is 37.4. The van der Waals surface area contributed by atoms with Crippen molar-refractivity contribution in [1.29, 1.82) is 0 Å². The third-order valence-corrected chi connectivity index (χ3v) is 18.8. The summed E-state index contributed by atoms with van der Waals surface area (Å²) in [5.74, 6) is -0.575. The third-order valence-electron chi connectivity index (χ3n) is 17.2. The van der Waals surface area contributed by atoms with Gasteiger partial charge in [-0.25, -0.2) is 9.37 Å². The molecule has 2 N–H and O–H groups in total. The lowest BCUT2D eigenvalue weighted by Crippen LogP contribution is -2.59. The number of piperidine rings is 1. The molecular formula is C61H76BrFN8O6S. The number of imidazole rings is 1. The zero-order valence-electron chi connectivity index (χ0n) is 46.1. The first-order valence-electron chi connectivity index (χ1n) is 28.6. The molecule has 17 heteroatoms. The summed E-state index contributed by atoms with van der Waals surface area (Å²) < 4.78 is 26.3. The summed E-state index contributed by atoms with van der Waals surface area (Å²) >= 11 is 5.21. The number of thiazole rings is 1. The Hall–Kier alpha value is -5.52. The van der Waals surface area contributed by atoms with E-state index >= 15 is 4.39 Å². The standard InChI is InChI=1S/C61H76BrFN8O6S/c1-7-8-16-51(72)77-44-34-50(69(35-44)57(75)54(60(4,5)6)66-58(76)61(63)28-29-61)55(73)65-46(40-18-20-41(21-19-40)53-38(3)64-36-78-53)23-17-37(2)25-30-68-31-26-39(27-32-68)42-22-24-47-49(33-42)70(43-12-9-10-13-43)59-67-56(74)52-45(62)14-11-15-48(52)71(47)59/h11,14-15,18-22,24,33,36-37,39,43-44,46,50,54H,7-10,12-13,16-17,23,25-32,34-35H2,1-6H3,(H,65,73)(H,66,76)/t37-,44+,46-,50-,54+/m0/s1. The number of carbonyl (C=O) groups excluding carboxylic acids is 4. The topological polar surface area (TPSA) is 160 Å². The van der Waals surface area contributed by atoms with Crippen LogP contribution in [0.1, 0.15) is 166 Å². The number of benzene rings is 3. The van der Waals surface area contributed by atoms with Crippen LogP contribution in [0.3, 0.4) is 0 Å². The monoisotopic (exact) mass is 1150 g/mol. The number of halogens is 2. The van der Waals surface area contributed by atoms with Crippen LogP contribution < -0.4 is 16.2 Å². The molecule has 3 aromatic carbocycles. The number of aromatic nitrogens is 4. The van der Waals surface area contributed by atoms with E-state index in [1.165, 1.54) is 23.3 Å². The van der Waals surface area contributed by atoms with Crippen LogP contribution in [0.4, 0.5) is 4.39 Å². The summed E-state index contributed by atoms with van der Waals surface area (Å²) in [6, 6.07) is 18.9. The van der Waals surface area contributed by atoms with Crippen molar-refractivity contribution in [1.82, 2.24) is 39.4 Å². The molecule has 4 aliphatic rings. The summed E-state index contributed by atoms with van der Waals surface area (Å²) in [7, 11) is 0. The van der Waals surface area contributed by atoms with Crippen LogP contribution in [0.15, 0.2) is 75.4 Å². The second kappa shape index (κ2) is 23.3. The maximum atomic E-state index is 15.1. The van der Waals surface area contributed by atoms with Gasteiger partial charge in [0, 0.05) is 23.4 Å². The number of carbonyl (C=O) groups is 4. The second-order valence-electron chi connectivity index (χ2n) is 24.0. The SMILES string of the molecule is CCCCC(=O)O[C@@H]1C[C@@H](C(=O)N[C@@H](CC[C@H](C)CCN2CCC(c3ccc4c(c3)n(C3CCCC3)c3nc(=O)c5c(Br)cccc5n43)CC2)c2ccc(-c3scnc3C)cc2)N(C(=O)[C@@H](NC(=O)C2(F)CC2)C(C)(C)C)C1. The Morgan fingerprint density at radius 2 is 1.68 bits per heavy atom. The summed E-state index contributed by atoms with van der Waals surface area (Å²) in [6.07, 6.45) is 10.4. The van der Waals surface area contributed by atoms with Crippen molar-refractivity contribution in [2.24, 2.45) is 11.3 Å². The molecule has 0 spiro atoms. The lowest BCUT2D eigenvalue weighted by molar-refractivity contribution is -0.150. The summed E-state index contributed by atoms with van der Waals surface area (Å²) in [6.45, 7) is 14.6. The fourth-order valence-corrected chi connectivity index (χ4v) is 13.6. The van der Waals surface area contributed by atoms with Crippen molar-refractivity contribution in [3.63, 3.8) is 0 Å². The van der Waals surface area contributed by atoms with Gasteiger partial charge in [0.2, 0.25) is 17.6 Å². The first-order valence-corrected chi connectivity index (χ1v) is 30.3. The highest BCUT2D eigenvalue weighted by atomic mass is 79.9. The van der Waals surface area contributed by atoms with Crippen LogP contribution in [0.2, 0.25) is 0 Å². The summed E-state index contributed by atoms with van der Waals surface area (Å²) in [5.41, 5.74) is 6.20. The Morgan fingerprint density at radius 3 is 2.36 bits per heavy atom. The van der Waals surface area contributed by atoms with E-state index in [4.69, 9.17) is 9.72 Å². The number of fused-ring (bicyclic) bond motifs is 5. The molecule has 14 nitrogen and oxygen atoms in total.